The van der Waals surface area contributed by atoms with Gasteiger partial charge in [0.25, 0.3) is 0 Å². The number of carbonyl (C=O) groups is 1. The quantitative estimate of drug-likeness (QED) is 0.678. The summed E-state index contributed by atoms with van der Waals surface area (Å²) in [5.41, 5.74) is 2.63. The molecule has 0 unspecified atom stereocenters. The molecule has 0 fully saturated rings. The van der Waals surface area contributed by atoms with E-state index in [0.717, 1.165) is 41.0 Å². The van der Waals surface area contributed by atoms with E-state index in [-0.39, 0.29) is 6.42 Å². The van der Waals surface area contributed by atoms with E-state index in [4.69, 9.17) is 9.84 Å². The van der Waals surface area contributed by atoms with Crippen molar-refractivity contribution < 1.29 is 14.6 Å². The van der Waals surface area contributed by atoms with Gasteiger partial charge in [0, 0.05) is 13.5 Å². The van der Waals surface area contributed by atoms with Crippen LogP contribution in [0.1, 0.15) is 17.8 Å². The first-order valence-corrected chi connectivity index (χ1v) is 7.97. The van der Waals surface area contributed by atoms with Crippen molar-refractivity contribution >= 4 is 17.0 Å². The Morgan fingerprint density at radius 1 is 1.21 bits per heavy atom. The van der Waals surface area contributed by atoms with Crippen molar-refractivity contribution in [1.29, 1.82) is 0 Å². The molecular formula is C19H20N2O3. The van der Waals surface area contributed by atoms with Crippen molar-refractivity contribution in [2.24, 2.45) is 7.05 Å². The Kier molecular flexibility index (Phi) is 4.79. The fraction of sp³-hybridized carbons (Fsp3) is 0.263. The smallest absolute Gasteiger partial charge is 0.307 e. The van der Waals surface area contributed by atoms with E-state index in [0.29, 0.717) is 6.61 Å². The molecule has 0 saturated carbocycles. The van der Waals surface area contributed by atoms with Crippen LogP contribution in [0.15, 0.2) is 48.5 Å². The fourth-order valence-electron chi connectivity index (χ4n) is 2.74. The van der Waals surface area contributed by atoms with E-state index < -0.39 is 5.97 Å². The van der Waals surface area contributed by atoms with Crippen LogP contribution in [0.5, 0.6) is 5.75 Å². The lowest BCUT2D eigenvalue weighted by molar-refractivity contribution is -0.136. The number of aromatic nitrogens is 2. The van der Waals surface area contributed by atoms with Gasteiger partial charge in [-0.25, -0.2) is 4.98 Å². The molecule has 5 nitrogen and oxygen atoms in total. The minimum Gasteiger partial charge on any atom is -0.494 e. The van der Waals surface area contributed by atoms with E-state index in [2.05, 4.69) is 9.55 Å². The van der Waals surface area contributed by atoms with Crippen molar-refractivity contribution in [3.8, 4) is 5.75 Å². The summed E-state index contributed by atoms with van der Waals surface area (Å²) in [6.45, 7) is 0.636. The number of carboxylic acids is 1. The Morgan fingerprint density at radius 2 is 2.00 bits per heavy atom. The lowest BCUT2D eigenvalue weighted by atomic mass is 10.1. The summed E-state index contributed by atoms with van der Waals surface area (Å²) in [7, 11) is 1.99. The highest BCUT2D eigenvalue weighted by Gasteiger charge is 2.09. The molecule has 3 aromatic rings. The Labute approximate surface area is 140 Å². The van der Waals surface area contributed by atoms with Crippen LogP contribution in [0, 0.1) is 0 Å². The molecule has 0 aliphatic carbocycles. The molecule has 0 amide bonds. The summed E-state index contributed by atoms with van der Waals surface area (Å²) in [5, 5.41) is 8.90. The molecule has 0 spiro atoms. The highest BCUT2D eigenvalue weighted by molar-refractivity contribution is 5.79. The number of aryl methyl sites for hydroxylation is 2. The Hall–Kier alpha value is -2.82. The molecule has 24 heavy (non-hydrogen) atoms. The van der Waals surface area contributed by atoms with Gasteiger partial charge in [0.2, 0.25) is 0 Å². The Balaban J connectivity index is 1.64. The molecule has 0 atom stereocenters. The normalized spacial score (nSPS) is 10.9. The Morgan fingerprint density at radius 3 is 2.75 bits per heavy atom. The number of ether oxygens (including phenoxy) is 1. The maximum atomic E-state index is 10.8. The van der Waals surface area contributed by atoms with Gasteiger partial charge >= 0.3 is 5.97 Å². The van der Waals surface area contributed by atoms with Crippen LogP contribution < -0.4 is 4.74 Å². The van der Waals surface area contributed by atoms with Gasteiger partial charge in [-0.1, -0.05) is 24.3 Å². The van der Waals surface area contributed by atoms with Crippen LogP contribution in [0.4, 0.5) is 0 Å². The van der Waals surface area contributed by atoms with E-state index in [1.54, 1.807) is 0 Å². The molecule has 0 aliphatic heterocycles. The van der Waals surface area contributed by atoms with Crippen LogP contribution in [0.25, 0.3) is 11.0 Å². The van der Waals surface area contributed by atoms with Crippen molar-refractivity contribution in [1.82, 2.24) is 9.55 Å². The first-order chi connectivity index (χ1) is 11.6. The first-order valence-electron chi connectivity index (χ1n) is 7.97. The monoisotopic (exact) mass is 324 g/mol. The third-order valence-electron chi connectivity index (χ3n) is 3.95. The maximum absolute atomic E-state index is 10.8. The van der Waals surface area contributed by atoms with Crippen LogP contribution in [0.3, 0.4) is 0 Å². The summed E-state index contributed by atoms with van der Waals surface area (Å²) in [4.78, 5) is 15.5. The molecule has 0 saturated heterocycles. The first kappa shape index (κ1) is 16.1. The molecule has 1 aromatic heterocycles. The van der Waals surface area contributed by atoms with Gasteiger partial charge in [-0.3, -0.25) is 4.79 Å². The number of imidazole rings is 1. The number of hydrogen-bond donors (Lipinski definition) is 1. The van der Waals surface area contributed by atoms with E-state index >= 15 is 0 Å². The maximum Gasteiger partial charge on any atom is 0.307 e. The summed E-state index contributed by atoms with van der Waals surface area (Å²) in [5.74, 6) is 1.03. The summed E-state index contributed by atoms with van der Waals surface area (Å²) in [6.07, 6.45) is 1.70. The second-order valence-electron chi connectivity index (χ2n) is 5.75. The summed E-state index contributed by atoms with van der Waals surface area (Å²) in [6, 6.07) is 15.4. The molecule has 0 radical (unpaired) electrons. The lowest BCUT2D eigenvalue weighted by Crippen LogP contribution is -2.03. The molecule has 5 heteroatoms. The molecule has 1 N–H and O–H groups in total. The zero-order chi connectivity index (χ0) is 16.9. The number of rotatable bonds is 7. The third-order valence-corrected chi connectivity index (χ3v) is 3.95. The zero-order valence-corrected chi connectivity index (χ0v) is 13.6. The van der Waals surface area contributed by atoms with Crippen LogP contribution in [-0.4, -0.2) is 27.2 Å². The molecular weight excluding hydrogens is 304 g/mol. The largest absolute Gasteiger partial charge is 0.494 e. The van der Waals surface area contributed by atoms with Gasteiger partial charge in [0.15, 0.2) is 0 Å². The minimum absolute atomic E-state index is 0.0206. The average Bonchev–Trinajstić information content (AvgIpc) is 2.88. The van der Waals surface area contributed by atoms with Crippen molar-refractivity contribution in [2.75, 3.05) is 6.61 Å². The molecule has 1 heterocycles. The van der Waals surface area contributed by atoms with Crippen molar-refractivity contribution in [3.05, 3.63) is 59.9 Å². The second kappa shape index (κ2) is 7.17. The van der Waals surface area contributed by atoms with Crippen molar-refractivity contribution in [3.63, 3.8) is 0 Å². The molecule has 0 aliphatic rings. The molecule has 0 bridgehead atoms. The van der Waals surface area contributed by atoms with E-state index in [1.807, 2.05) is 55.6 Å². The number of fused-ring (bicyclic) bond motifs is 1. The number of nitrogens with zero attached hydrogens (tertiary/aromatic N) is 2. The van der Waals surface area contributed by atoms with Gasteiger partial charge in [-0.2, -0.15) is 0 Å². The standard InChI is InChI=1S/C19H20N2O3/c1-21-17-10-9-14(13-19(22)23)12-16(17)20-18(21)8-5-11-24-15-6-3-2-4-7-15/h2-4,6-7,9-10,12H,5,8,11,13H2,1H3,(H,22,23). The second-order valence-corrected chi connectivity index (χ2v) is 5.75. The predicted molar refractivity (Wildman–Crippen MR) is 92.3 cm³/mol. The summed E-state index contributed by atoms with van der Waals surface area (Å²) < 4.78 is 7.76. The van der Waals surface area contributed by atoms with Gasteiger partial charge < -0.3 is 14.4 Å². The third kappa shape index (κ3) is 3.74. The molecule has 124 valence electrons. The van der Waals surface area contributed by atoms with Crippen molar-refractivity contribution in [2.45, 2.75) is 19.3 Å². The predicted octanol–water partition coefficient (Wildman–Crippen LogP) is 3.21. The van der Waals surface area contributed by atoms with Crippen LogP contribution >= 0.6 is 0 Å². The lowest BCUT2D eigenvalue weighted by Gasteiger charge is -2.06. The number of para-hydroxylation sites is 1. The van der Waals surface area contributed by atoms with Gasteiger partial charge in [0.05, 0.1) is 24.1 Å². The van der Waals surface area contributed by atoms with E-state index in [9.17, 15) is 4.79 Å². The fourth-order valence-corrected chi connectivity index (χ4v) is 2.74. The highest BCUT2D eigenvalue weighted by Crippen LogP contribution is 2.18. The Bertz CT molecular complexity index is 840. The average molecular weight is 324 g/mol. The molecule has 2 aromatic carbocycles. The minimum atomic E-state index is -0.830. The number of carboxylic acid groups (broad SMARTS) is 1. The van der Waals surface area contributed by atoms with Gasteiger partial charge in [-0.05, 0) is 36.2 Å². The summed E-state index contributed by atoms with van der Waals surface area (Å²) >= 11 is 0. The molecule has 3 rings (SSSR count). The SMILES string of the molecule is Cn1c(CCCOc2ccccc2)nc2cc(CC(=O)O)ccc21. The number of aliphatic carboxylic acids is 1. The topological polar surface area (TPSA) is 64.4 Å². The number of benzene rings is 2. The van der Waals surface area contributed by atoms with Gasteiger partial charge in [0.1, 0.15) is 11.6 Å². The highest BCUT2D eigenvalue weighted by atomic mass is 16.5. The van der Waals surface area contributed by atoms with Crippen LogP contribution in [0.2, 0.25) is 0 Å². The van der Waals surface area contributed by atoms with E-state index in [1.165, 1.54) is 0 Å². The van der Waals surface area contributed by atoms with Crippen LogP contribution in [-0.2, 0) is 24.7 Å². The van der Waals surface area contributed by atoms with Gasteiger partial charge in [-0.15, -0.1) is 0 Å². The number of hydrogen-bond acceptors (Lipinski definition) is 3. The zero-order valence-electron chi connectivity index (χ0n) is 13.6.